The SMILES string of the molecule is C[C@@H](Nc1cccc(NS(=O)(=O)c2ccc(Cl)cc2)c1)C(=O)N1CCNC1=O. The topological polar surface area (TPSA) is 108 Å². The molecule has 0 saturated carbocycles. The van der Waals surface area contributed by atoms with Crippen LogP contribution in [0.1, 0.15) is 6.92 Å². The second-order valence-corrected chi connectivity index (χ2v) is 8.35. The maximum Gasteiger partial charge on any atom is 0.324 e. The number of rotatable bonds is 6. The number of carbonyl (C=O) groups excluding carboxylic acids is 2. The van der Waals surface area contributed by atoms with Crippen molar-refractivity contribution < 1.29 is 18.0 Å². The molecule has 0 radical (unpaired) electrons. The van der Waals surface area contributed by atoms with Crippen molar-refractivity contribution in [3.63, 3.8) is 0 Å². The highest BCUT2D eigenvalue weighted by molar-refractivity contribution is 7.92. The molecule has 3 rings (SSSR count). The van der Waals surface area contributed by atoms with Crippen LogP contribution in [-0.2, 0) is 14.8 Å². The Kier molecular flexibility index (Phi) is 5.76. The first-order chi connectivity index (χ1) is 13.3. The van der Waals surface area contributed by atoms with E-state index in [1.54, 1.807) is 31.2 Å². The lowest BCUT2D eigenvalue weighted by atomic mass is 10.2. The Morgan fingerprint density at radius 1 is 1.18 bits per heavy atom. The summed E-state index contributed by atoms with van der Waals surface area (Å²) in [6.45, 7) is 2.39. The van der Waals surface area contributed by atoms with Crippen LogP contribution in [-0.4, -0.2) is 44.4 Å². The van der Waals surface area contributed by atoms with Crippen molar-refractivity contribution in [1.82, 2.24) is 10.2 Å². The number of nitrogens with one attached hydrogen (secondary N) is 3. The number of halogens is 1. The van der Waals surface area contributed by atoms with E-state index in [2.05, 4.69) is 15.4 Å². The Labute approximate surface area is 167 Å². The number of hydrogen-bond donors (Lipinski definition) is 3. The summed E-state index contributed by atoms with van der Waals surface area (Å²) in [5.41, 5.74) is 0.871. The van der Waals surface area contributed by atoms with E-state index in [0.717, 1.165) is 4.90 Å². The lowest BCUT2D eigenvalue weighted by Gasteiger charge is -2.20. The van der Waals surface area contributed by atoms with Crippen molar-refractivity contribution in [3.8, 4) is 0 Å². The Balaban J connectivity index is 1.70. The third-order valence-electron chi connectivity index (χ3n) is 4.12. The van der Waals surface area contributed by atoms with Gasteiger partial charge in [0.25, 0.3) is 15.9 Å². The zero-order chi connectivity index (χ0) is 20.3. The fraction of sp³-hybridized carbons (Fsp3) is 0.222. The molecule has 10 heteroatoms. The molecule has 1 fully saturated rings. The fourth-order valence-corrected chi connectivity index (χ4v) is 3.90. The summed E-state index contributed by atoms with van der Waals surface area (Å²) in [5, 5.41) is 6.01. The number of hydrogen-bond acceptors (Lipinski definition) is 5. The van der Waals surface area contributed by atoms with Crippen LogP contribution in [0.5, 0.6) is 0 Å². The highest BCUT2D eigenvalue weighted by Crippen LogP contribution is 2.21. The van der Waals surface area contributed by atoms with Crippen molar-refractivity contribution >= 4 is 44.9 Å². The second-order valence-electron chi connectivity index (χ2n) is 6.23. The van der Waals surface area contributed by atoms with Gasteiger partial charge in [-0.2, -0.15) is 0 Å². The highest BCUT2D eigenvalue weighted by atomic mass is 35.5. The van der Waals surface area contributed by atoms with E-state index in [1.165, 1.54) is 24.3 Å². The van der Waals surface area contributed by atoms with Crippen molar-refractivity contribution in [1.29, 1.82) is 0 Å². The number of sulfonamides is 1. The molecule has 8 nitrogen and oxygen atoms in total. The monoisotopic (exact) mass is 422 g/mol. The third kappa shape index (κ3) is 4.55. The Morgan fingerprint density at radius 3 is 2.50 bits per heavy atom. The lowest BCUT2D eigenvalue weighted by molar-refractivity contribution is -0.128. The van der Waals surface area contributed by atoms with E-state index >= 15 is 0 Å². The van der Waals surface area contributed by atoms with Gasteiger partial charge in [-0.1, -0.05) is 17.7 Å². The largest absolute Gasteiger partial charge is 0.374 e. The van der Waals surface area contributed by atoms with Gasteiger partial charge in [0.15, 0.2) is 0 Å². The predicted molar refractivity (Wildman–Crippen MR) is 107 cm³/mol. The summed E-state index contributed by atoms with van der Waals surface area (Å²) < 4.78 is 27.5. The molecule has 0 aromatic heterocycles. The Morgan fingerprint density at radius 2 is 1.86 bits per heavy atom. The van der Waals surface area contributed by atoms with E-state index in [1.807, 2.05) is 0 Å². The maximum absolute atomic E-state index is 12.5. The van der Waals surface area contributed by atoms with Crippen molar-refractivity contribution in [3.05, 3.63) is 53.6 Å². The highest BCUT2D eigenvalue weighted by Gasteiger charge is 2.29. The predicted octanol–water partition coefficient (Wildman–Crippen LogP) is 2.49. The third-order valence-corrected chi connectivity index (χ3v) is 5.76. The van der Waals surface area contributed by atoms with E-state index in [-0.39, 0.29) is 10.8 Å². The molecule has 2 aromatic rings. The summed E-state index contributed by atoms with van der Waals surface area (Å²) in [5.74, 6) is -0.359. The van der Waals surface area contributed by atoms with E-state index in [0.29, 0.717) is 29.5 Å². The van der Waals surface area contributed by atoms with Crippen LogP contribution in [0.25, 0.3) is 0 Å². The lowest BCUT2D eigenvalue weighted by Crippen LogP contribution is -2.43. The number of benzene rings is 2. The number of nitrogens with zero attached hydrogens (tertiary/aromatic N) is 1. The number of urea groups is 1. The van der Waals surface area contributed by atoms with Crippen LogP contribution < -0.4 is 15.4 Å². The second kappa shape index (κ2) is 8.07. The minimum Gasteiger partial charge on any atom is -0.374 e. The fourth-order valence-electron chi connectivity index (χ4n) is 2.73. The molecular formula is C18H19ClN4O4S. The van der Waals surface area contributed by atoms with Gasteiger partial charge in [0.1, 0.15) is 6.04 Å². The molecule has 148 valence electrons. The molecule has 1 atom stereocenters. The number of amides is 3. The van der Waals surface area contributed by atoms with Gasteiger partial charge in [0.2, 0.25) is 0 Å². The molecular weight excluding hydrogens is 404 g/mol. The van der Waals surface area contributed by atoms with E-state index in [4.69, 9.17) is 11.6 Å². The molecule has 1 heterocycles. The van der Waals surface area contributed by atoms with Crippen molar-refractivity contribution in [2.24, 2.45) is 0 Å². The molecule has 1 aliphatic rings. The number of anilines is 2. The van der Waals surface area contributed by atoms with Crippen LogP contribution in [0.3, 0.4) is 0 Å². The van der Waals surface area contributed by atoms with Crippen LogP contribution in [0, 0.1) is 0 Å². The van der Waals surface area contributed by atoms with Gasteiger partial charge in [-0.3, -0.25) is 14.4 Å². The average Bonchev–Trinajstić information content (AvgIpc) is 3.07. The first kappa shape index (κ1) is 20.0. The number of imide groups is 1. The van der Waals surface area contributed by atoms with Crippen LogP contribution in [0.4, 0.5) is 16.2 Å². The molecule has 3 N–H and O–H groups in total. The molecule has 2 aromatic carbocycles. The maximum atomic E-state index is 12.5. The van der Waals surface area contributed by atoms with E-state index < -0.39 is 22.1 Å². The summed E-state index contributed by atoms with van der Waals surface area (Å²) in [6.07, 6.45) is 0. The van der Waals surface area contributed by atoms with Crippen molar-refractivity contribution in [2.75, 3.05) is 23.1 Å². The van der Waals surface area contributed by atoms with Gasteiger partial charge in [-0.05, 0) is 49.4 Å². The summed E-state index contributed by atoms with van der Waals surface area (Å²) >= 11 is 5.79. The zero-order valence-electron chi connectivity index (χ0n) is 15.0. The average molecular weight is 423 g/mol. The normalized spacial score (nSPS) is 15.1. The zero-order valence-corrected chi connectivity index (χ0v) is 16.5. The molecule has 28 heavy (non-hydrogen) atoms. The van der Waals surface area contributed by atoms with Gasteiger partial charge < -0.3 is 10.6 Å². The van der Waals surface area contributed by atoms with Gasteiger partial charge in [0, 0.05) is 23.8 Å². The smallest absolute Gasteiger partial charge is 0.324 e. The number of carbonyl (C=O) groups is 2. The minimum atomic E-state index is -3.78. The molecule has 0 unspecified atom stereocenters. The summed E-state index contributed by atoms with van der Waals surface area (Å²) in [4.78, 5) is 25.2. The first-order valence-corrected chi connectivity index (χ1v) is 10.4. The van der Waals surface area contributed by atoms with Crippen LogP contribution >= 0.6 is 11.6 Å². The Hall–Kier alpha value is -2.78. The van der Waals surface area contributed by atoms with Gasteiger partial charge in [-0.15, -0.1) is 0 Å². The van der Waals surface area contributed by atoms with Crippen LogP contribution in [0.2, 0.25) is 5.02 Å². The molecule has 1 aliphatic heterocycles. The first-order valence-electron chi connectivity index (χ1n) is 8.50. The van der Waals surface area contributed by atoms with Crippen molar-refractivity contribution in [2.45, 2.75) is 17.9 Å². The van der Waals surface area contributed by atoms with Gasteiger partial charge in [-0.25, -0.2) is 13.2 Å². The standard InChI is InChI=1S/C18H19ClN4O4S/c1-12(17(24)23-10-9-20-18(23)25)21-14-3-2-4-15(11-14)22-28(26,27)16-7-5-13(19)6-8-16/h2-8,11-12,21-22H,9-10H2,1H3,(H,20,25)/t12-/m1/s1. The van der Waals surface area contributed by atoms with E-state index in [9.17, 15) is 18.0 Å². The summed E-state index contributed by atoms with van der Waals surface area (Å²) in [7, 11) is -3.78. The molecule has 0 aliphatic carbocycles. The van der Waals surface area contributed by atoms with Gasteiger partial charge >= 0.3 is 6.03 Å². The Bertz CT molecular complexity index is 995. The molecule has 0 bridgehead atoms. The summed E-state index contributed by atoms with van der Waals surface area (Å²) in [6, 6.07) is 11.3. The molecule has 3 amide bonds. The quantitative estimate of drug-likeness (QED) is 0.662. The van der Waals surface area contributed by atoms with Gasteiger partial charge in [0.05, 0.1) is 10.6 Å². The molecule has 0 spiro atoms. The molecule has 1 saturated heterocycles. The van der Waals surface area contributed by atoms with Crippen LogP contribution in [0.15, 0.2) is 53.4 Å². The minimum absolute atomic E-state index is 0.0823.